The molecule has 11 heteroatoms. The van der Waals surface area contributed by atoms with Crippen molar-refractivity contribution in [2.24, 2.45) is 0 Å². The first kappa shape index (κ1) is 21.9. The zero-order valence-corrected chi connectivity index (χ0v) is 17.4. The van der Waals surface area contributed by atoms with Gasteiger partial charge in [0, 0.05) is 32.4 Å². The average Bonchev–Trinajstić information content (AvgIpc) is 3.02. The number of anilines is 2. The van der Waals surface area contributed by atoms with E-state index in [1.807, 2.05) is 6.07 Å². The molecular formula is C21H22F3N5O3. The number of aromatic nitrogens is 1. The molecule has 0 unspecified atom stereocenters. The molecule has 0 N–H and O–H groups in total. The number of ether oxygens (including phenoxy) is 1. The zero-order valence-electron chi connectivity index (χ0n) is 17.4. The summed E-state index contributed by atoms with van der Waals surface area (Å²) in [6, 6.07) is 5.95. The van der Waals surface area contributed by atoms with E-state index in [2.05, 4.69) is 26.6 Å². The van der Waals surface area contributed by atoms with Crippen molar-refractivity contribution in [1.82, 2.24) is 14.8 Å². The largest absolute Gasteiger partial charge is 0.573 e. The lowest BCUT2D eigenvalue weighted by molar-refractivity contribution is -0.274. The second-order valence-electron chi connectivity index (χ2n) is 7.70. The quantitative estimate of drug-likeness (QED) is 0.654. The highest BCUT2D eigenvalue weighted by Crippen LogP contribution is 2.29. The van der Waals surface area contributed by atoms with Crippen molar-refractivity contribution >= 4 is 23.3 Å². The monoisotopic (exact) mass is 449 g/mol. The molecule has 2 aromatic rings. The van der Waals surface area contributed by atoms with Gasteiger partial charge in [-0.15, -0.1) is 13.2 Å². The van der Waals surface area contributed by atoms with Gasteiger partial charge in [0.05, 0.1) is 24.1 Å². The molecule has 2 fully saturated rings. The van der Waals surface area contributed by atoms with Gasteiger partial charge in [0.2, 0.25) is 0 Å². The second-order valence-corrected chi connectivity index (χ2v) is 7.70. The van der Waals surface area contributed by atoms with E-state index in [9.17, 15) is 22.8 Å². The Hall–Kier alpha value is -3.34. The number of rotatable bonds is 5. The van der Waals surface area contributed by atoms with Gasteiger partial charge < -0.3 is 19.4 Å². The van der Waals surface area contributed by atoms with E-state index in [-0.39, 0.29) is 18.8 Å². The van der Waals surface area contributed by atoms with Crippen LogP contribution in [0.3, 0.4) is 0 Å². The van der Waals surface area contributed by atoms with E-state index in [1.165, 1.54) is 17.0 Å². The lowest BCUT2D eigenvalue weighted by atomic mass is 10.1. The Morgan fingerprint density at radius 2 is 1.72 bits per heavy atom. The number of hydrogen-bond donors (Lipinski definition) is 0. The molecule has 0 radical (unpaired) electrons. The number of imide groups is 1. The Kier molecular flexibility index (Phi) is 5.92. The SMILES string of the molecule is CN1CCN(c2cnccc2CN2CC(=O)N(c3ccc(OC(F)(F)F)cc3)C2=O)CC1. The summed E-state index contributed by atoms with van der Waals surface area (Å²) < 4.78 is 40.9. The molecule has 0 saturated carbocycles. The van der Waals surface area contributed by atoms with Crippen LogP contribution in [0.25, 0.3) is 0 Å². The Morgan fingerprint density at radius 3 is 2.38 bits per heavy atom. The van der Waals surface area contributed by atoms with Crippen LogP contribution >= 0.6 is 0 Å². The van der Waals surface area contributed by atoms with Crippen molar-refractivity contribution in [2.75, 3.05) is 49.6 Å². The third-order valence-corrected chi connectivity index (χ3v) is 5.46. The maximum absolute atomic E-state index is 12.9. The van der Waals surface area contributed by atoms with Crippen LogP contribution in [0.1, 0.15) is 5.56 Å². The van der Waals surface area contributed by atoms with E-state index >= 15 is 0 Å². The number of piperazine rings is 1. The molecule has 0 spiro atoms. The molecular weight excluding hydrogens is 427 g/mol. The maximum Gasteiger partial charge on any atom is 0.573 e. The fourth-order valence-corrected chi connectivity index (χ4v) is 3.81. The Labute approximate surface area is 182 Å². The molecule has 1 aromatic heterocycles. The Balaban J connectivity index is 1.48. The number of carbonyl (C=O) groups excluding carboxylic acids is 2. The number of carbonyl (C=O) groups is 2. The van der Waals surface area contributed by atoms with Crippen molar-refractivity contribution < 1.29 is 27.5 Å². The number of halogens is 3. The fourth-order valence-electron chi connectivity index (χ4n) is 3.81. The summed E-state index contributed by atoms with van der Waals surface area (Å²) in [6.07, 6.45) is -1.40. The smallest absolute Gasteiger partial charge is 0.406 e. The number of likely N-dealkylation sites (N-methyl/N-ethyl adjacent to an activating group) is 1. The van der Waals surface area contributed by atoms with Crippen LogP contribution in [0.15, 0.2) is 42.7 Å². The molecule has 32 heavy (non-hydrogen) atoms. The Morgan fingerprint density at radius 1 is 1.03 bits per heavy atom. The molecule has 2 aliphatic heterocycles. The van der Waals surface area contributed by atoms with Crippen LogP contribution in [-0.2, 0) is 11.3 Å². The number of pyridine rings is 1. The molecule has 0 atom stereocenters. The third-order valence-electron chi connectivity index (χ3n) is 5.46. The van der Waals surface area contributed by atoms with Crippen LogP contribution in [0.2, 0.25) is 0 Å². The highest BCUT2D eigenvalue weighted by atomic mass is 19.4. The summed E-state index contributed by atoms with van der Waals surface area (Å²) >= 11 is 0. The summed E-state index contributed by atoms with van der Waals surface area (Å²) in [6.45, 7) is 3.60. The molecule has 2 aliphatic rings. The van der Waals surface area contributed by atoms with Gasteiger partial charge in [-0.05, 0) is 42.9 Å². The van der Waals surface area contributed by atoms with Gasteiger partial charge in [0.25, 0.3) is 5.91 Å². The van der Waals surface area contributed by atoms with Gasteiger partial charge in [-0.2, -0.15) is 0 Å². The minimum atomic E-state index is -4.82. The van der Waals surface area contributed by atoms with Crippen LogP contribution in [0, 0.1) is 0 Å². The number of alkyl halides is 3. The zero-order chi connectivity index (χ0) is 22.9. The van der Waals surface area contributed by atoms with Gasteiger partial charge in [-0.3, -0.25) is 9.78 Å². The standard InChI is InChI=1S/C21H22F3N5O3/c1-26-8-10-27(11-9-26)18-12-25-7-6-15(18)13-28-14-19(30)29(20(28)31)16-2-4-17(5-3-16)32-21(22,23)24/h2-7,12H,8-11,13-14H2,1H3. The van der Waals surface area contributed by atoms with Crippen LogP contribution in [0.4, 0.5) is 29.3 Å². The lowest BCUT2D eigenvalue weighted by Crippen LogP contribution is -2.45. The molecule has 170 valence electrons. The van der Waals surface area contributed by atoms with E-state index in [1.54, 1.807) is 12.4 Å². The van der Waals surface area contributed by atoms with Crippen LogP contribution in [0.5, 0.6) is 5.75 Å². The summed E-state index contributed by atoms with van der Waals surface area (Å²) in [5, 5.41) is 0. The third kappa shape index (κ3) is 4.77. The first-order valence-electron chi connectivity index (χ1n) is 10.1. The van der Waals surface area contributed by atoms with Gasteiger partial charge in [-0.1, -0.05) is 0 Å². The van der Waals surface area contributed by atoms with Gasteiger partial charge in [-0.25, -0.2) is 9.69 Å². The Bertz CT molecular complexity index is 991. The summed E-state index contributed by atoms with van der Waals surface area (Å²) in [5.41, 5.74) is 1.99. The van der Waals surface area contributed by atoms with Gasteiger partial charge in [0.15, 0.2) is 0 Å². The molecule has 8 nitrogen and oxygen atoms in total. The molecule has 3 amide bonds. The number of nitrogens with zero attached hydrogens (tertiary/aromatic N) is 5. The number of urea groups is 1. The predicted octanol–water partition coefficient (Wildman–Crippen LogP) is 2.70. The molecule has 1 aromatic carbocycles. The van der Waals surface area contributed by atoms with E-state index < -0.39 is 24.1 Å². The molecule has 0 aliphatic carbocycles. The minimum absolute atomic E-state index is 0.121. The van der Waals surface area contributed by atoms with Crippen molar-refractivity contribution in [2.45, 2.75) is 12.9 Å². The average molecular weight is 449 g/mol. The van der Waals surface area contributed by atoms with Crippen molar-refractivity contribution in [3.8, 4) is 5.75 Å². The van der Waals surface area contributed by atoms with E-state index in [0.717, 1.165) is 54.5 Å². The first-order valence-corrected chi connectivity index (χ1v) is 10.1. The molecule has 2 saturated heterocycles. The number of hydrogen-bond acceptors (Lipinski definition) is 6. The highest BCUT2D eigenvalue weighted by molar-refractivity contribution is 6.19. The van der Waals surface area contributed by atoms with E-state index in [4.69, 9.17) is 0 Å². The van der Waals surface area contributed by atoms with Gasteiger partial charge >= 0.3 is 12.4 Å². The van der Waals surface area contributed by atoms with E-state index in [0.29, 0.717) is 0 Å². The molecule has 3 heterocycles. The van der Waals surface area contributed by atoms with Crippen molar-refractivity contribution in [3.05, 3.63) is 48.3 Å². The minimum Gasteiger partial charge on any atom is -0.406 e. The van der Waals surface area contributed by atoms with Gasteiger partial charge in [0.1, 0.15) is 12.3 Å². The summed E-state index contributed by atoms with van der Waals surface area (Å²) in [4.78, 5) is 36.5. The predicted molar refractivity (Wildman–Crippen MR) is 110 cm³/mol. The first-order chi connectivity index (χ1) is 15.2. The maximum atomic E-state index is 12.9. The fraction of sp³-hybridized carbons (Fsp3) is 0.381. The molecule has 4 rings (SSSR count). The second kappa shape index (κ2) is 8.65. The number of amides is 3. The van der Waals surface area contributed by atoms with Crippen molar-refractivity contribution in [3.63, 3.8) is 0 Å². The van der Waals surface area contributed by atoms with Crippen LogP contribution < -0.4 is 14.5 Å². The number of benzene rings is 1. The van der Waals surface area contributed by atoms with Crippen molar-refractivity contribution in [1.29, 1.82) is 0 Å². The summed E-state index contributed by atoms with van der Waals surface area (Å²) in [5.74, 6) is -0.875. The molecule has 0 bridgehead atoms. The summed E-state index contributed by atoms with van der Waals surface area (Å²) in [7, 11) is 2.06. The lowest BCUT2D eigenvalue weighted by Gasteiger charge is -2.35. The highest BCUT2D eigenvalue weighted by Gasteiger charge is 2.38. The topological polar surface area (TPSA) is 69.2 Å². The van der Waals surface area contributed by atoms with Crippen LogP contribution in [-0.4, -0.2) is 72.9 Å². The normalized spacial score (nSPS) is 17.9.